The minimum absolute atomic E-state index is 0.331. The van der Waals surface area contributed by atoms with Gasteiger partial charge in [-0.25, -0.2) is 4.98 Å². The zero-order valence-corrected chi connectivity index (χ0v) is 8.58. The first-order chi connectivity index (χ1) is 6.36. The van der Waals surface area contributed by atoms with Gasteiger partial charge in [0.25, 0.3) is 0 Å². The van der Waals surface area contributed by atoms with Gasteiger partial charge in [-0.2, -0.15) is 0 Å². The molecule has 0 saturated carbocycles. The van der Waals surface area contributed by atoms with Crippen LogP contribution in [0.15, 0.2) is 18.3 Å². The van der Waals surface area contributed by atoms with Crippen molar-refractivity contribution in [2.75, 3.05) is 0 Å². The largest absolute Gasteiger partial charge is 0.474 e. The van der Waals surface area contributed by atoms with Crippen molar-refractivity contribution in [3.05, 3.63) is 23.9 Å². The van der Waals surface area contributed by atoms with Crippen molar-refractivity contribution in [2.45, 2.75) is 39.7 Å². The van der Waals surface area contributed by atoms with Gasteiger partial charge in [0.1, 0.15) is 0 Å². The fourth-order valence-electron chi connectivity index (χ4n) is 1.33. The maximum Gasteiger partial charge on any atom is 0.216 e. The van der Waals surface area contributed by atoms with Gasteiger partial charge < -0.3 is 4.74 Å². The molecule has 1 aromatic heterocycles. The van der Waals surface area contributed by atoms with E-state index in [-0.39, 0.29) is 0 Å². The van der Waals surface area contributed by atoms with E-state index in [2.05, 4.69) is 18.0 Å². The molecule has 0 aliphatic carbocycles. The predicted octanol–water partition coefficient (Wildman–Crippen LogP) is 2.82. The van der Waals surface area contributed by atoms with E-state index < -0.39 is 0 Å². The summed E-state index contributed by atoms with van der Waals surface area (Å²) in [4.78, 5) is 4.15. The van der Waals surface area contributed by atoms with E-state index in [0.717, 1.165) is 18.7 Å². The fourth-order valence-corrected chi connectivity index (χ4v) is 1.33. The molecule has 0 amide bonds. The van der Waals surface area contributed by atoms with Crippen molar-refractivity contribution >= 4 is 0 Å². The standard InChI is InChI=1S/C9H11NO.C2H6/c1-7-4-5-8-3-2-6-10-9(8)11-7;1-2/h2-3,6-7H,4-5H2,1H3;1-2H3. The lowest BCUT2D eigenvalue weighted by Crippen LogP contribution is -2.19. The number of aromatic nitrogens is 1. The van der Waals surface area contributed by atoms with Crippen LogP contribution in [0.1, 0.15) is 32.8 Å². The molecule has 0 spiro atoms. The maximum atomic E-state index is 5.52. The van der Waals surface area contributed by atoms with Crippen molar-refractivity contribution in [3.8, 4) is 5.88 Å². The highest BCUT2D eigenvalue weighted by atomic mass is 16.5. The molecule has 0 bridgehead atoms. The third-order valence-corrected chi connectivity index (χ3v) is 1.98. The molecule has 0 radical (unpaired) electrons. The Kier molecular flexibility index (Phi) is 3.74. The van der Waals surface area contributed by atoms with Crippen LogP contribution >= 0.6 is 0 Å². The van der Waals surface area contributed by atoms with Gasteiger partial charge in [-0.05, 0) is 25.8 Å². The van der Waals surface area contributed by atoms with Crippen LogP contribution in [0.3, 0.4) is 0 Å². The summed E-state index contributed by atoms with van der Waals surface area (Å²) in [5.41, 5.74) is 1.24. The summed E-state index contributed by atoms with van der Waals surface area (Å²) < 4.78 is 5.52. The van der Waals surface area contributed by atoms with E-state index in [1.165, 1.54) is 5.56 Å². The lowest BCUT2D eigenvalue weighted by molar-refractivity contribution is 0.183. The summed E-state index contributed by atoms with van der Waals surface area (Å²) in [6.45, 7) is 6.08. The van der Waals surface area contributed by atoms with Crippen LogP contribution in [0.4, 0.5) is 0 Å². The average Bonchev–Trinajstić information content (AvgIpc) is 2.21. The molecule has 2 heteroatoms. The monoisotopic (exact) mass is 179 g/mol. The Morgan fingerprint density at radius 2 is 2.23 bits per heavy atom. The summed E-state index contributed by atoms with van der Waals surface area (Å²) in [6.07, 6.45) is 4.32. The van der Waals surface area contributed by atoms with Gasteiger partial charge in [0.2, 0.25) is 5.88 Å². The van der Waals surface area contributed by atoms with Crippen molar-refractivity contribution in [2.24, 2.45) is 0 Å². The van der Waals surface area contributed by atoms with Crippen LogP contribution in [0.5, 0.6) is 5.88 Å². The van der Waals surface area contributed by atoms with Crippen LogP contribution in [-0.4, -0.2) is 11.1 Å². The quantitative estimate of drug-likeness (QED) is 0.611. The normalized spacial score (nSPS) is 19.2. The molecule has 0 aromatic carbocycles. The van der Waals surface area contributed by atoms with Gasteiger partial charge in [-0.3, -0.25) is 0 Å². The molecule has 13 heavy (non-hydrogen) atoms. The Morgan fingerprint density at radius 3 is 3.00 bits per heavy atom. The molecule has 1 aromatic rings. The van der Waals surface area contributed by atoms with Crippen LogP contribution in [-0.2, 0) is 6.42 Å². The molecule has 1 aliphatic heterocycles. The molecule has 1 aliphatic rings. The predicted molar refractivity (Wildman–Crippen MR) is 54.0 cm³/mol. The van der Waals surface area contributed by atoms with Crippen LogP contribution in [0, 0.1) is 0 Å². The van der Waals surface area contributed by atoms with E-state index in [0.29, 0.717) is 6.10 Å². The molecule has 0 saturated heterocycles. The number of hydrogen-bond acceptors (Lipinski definition) is 2. The second-order valence-electron chi connectivity index (χ2n) is 2.93. The average molecular weight is 179 g/mol. The summed E-state index contributed by atoms with van der Waals surface area (Å²) >= 11 is 0. The minimum Gasteiger partial charge on any atom is -0.474 e. The first kappa shape index (κ1) is 10.0. The van der Waals surface area contributed by atoms with Crippen LogP contribution < -0.4 is 4.74 Å². The van der Waals surface area contributed by atoms with Crippen molar-refractivity contribution in [3.63, 3.8) is 0 Å². The smallest absolute Gasteiger partial charge is 0.216 e. The summed E-state index contributed by atoms with van der Waals surface area (Å²) in [7, 11) is 0. The van der Waals surface area contributed by atoms with Crippen molar-refractivity contribution in [1.29, 1.82) is 0 Å². The number of nitrogens with zero attached hydrogens (tertiary/aromatic N) is 1. The Hall–Kier alpha value is -1.05. The third-order valence-electron chi connectivity index (χ3n) is 1.98. The molecule has 0 N–H and O–H groups in total. The second-order valence-corrected chi connectivity index (χ2v) is 2.93. The molecule has 72 valence electrons. The Balaban J connectivity index is 0.000000396. The zero-order valence-electron chi connectivity index (χ0n) is 8.58. The Morgan fingerprint density at radius 1 is 1.46 bits per heavy atom. The molecule has 2 heterocycles. The highest BCUT2D eigenvalue weighted by Crippen LogP contribution is 2.23. The molecular formula is C11H17NO. The van der Waals surface area contributed by atoms with E-state index in [1.807, 2.05) is 19.9 Å². The van der Waals surface area contributed by atoms with Crippen LogP contribution in [0.2, 0.25) is 0 Å². The van der Waals surface area contributed by atoms with Crippen molar-refractivity contribution < 1.29 is 4.74 Å². The minimum atomic E-state index is 0.331. The van der Waals surface area contributed by atoms with Crippen LogP contribution in [0.25, 0.3) is 0 Å². The Labute approximate surface area is 80.0 Å². The summed E-state index contributed by atoms with van der Waals surface area (Å²) in [5, 5.41) is 0. The number of pyridine rings is 1. The van der Waals surface area contributed by atoms with Gasteiger partial charge in [-0.15, -0.1) is 0 Å². The molecule has 2 rings (SSSR count). The molecular weight excluding hydrogens is 162 g/mol. The van der Waals surface area contributed by atoms with Crippen molar-refractivity contribution in [1.82, 2.24) is 4.98 Å². The Bertz CT molecular complexity index is 260. The number of rotatable bonds is 0. The highest BCUT2D eigenvalue weighted by Gasteiger charge is 2.15. The number of aryl methyl sites for hydroxylation is 1. The summed E-state index contributed by atoms with van der Waals surface area (Å²) in [5.74, 6) is 0.825. The molecule has 1 atom stereocenters. The van der Waals surface area contributed by atoms with Gasteiger partial charge in [0.15, 0.2) is 0 Å². The number of ether oxygens (including phenoxy) is 1. The van der Waals surface area contributed by atoms with E-state index >= 15 is 0 Å². The first-order valence-electron chi connectivity index (χ1n) is 4.97. The van der Waals surface area contributed by atoms with E-state index in [1.54, 1.807) is 6.20 Å². The lowest BCUT2D eigenvalue weighted by Gasteiger charge is -2.21. The van der Waals surface area contributed by atoms with Gasteiger partial charge in [0.05, 0.1) is 6.10 Å². The van der Waals surface area contributed by atoms with E-state index in [4.69, 9.17) is 4.74 Å². The maximum absolute atomic E-state index is 5.52. The van der Waals surface area contributed by atoms with E-state index in [9.17, 15) is 0 Å². The van der Waals surface area contributed by atoms with Gasteiger partial charge in [0, 0.05) is 11.8 Å². The number of hydrogen-bond donors (Lipinski definition) is 0. The lowest BCUT2D eigenvalue weighted by atomic mass is 10.1. The highest BCUT2D eigenvalue weighted by molar-refractivity contribution is 5.27. The second kappa shape index (κ2) is 4.85. The molecule has 0 fully saturated rings. The topological polar surface area (TPSA) is 22.1 Å². The first-order valence-corrected chi connectivity index (χ1v) is 4.97. The summed E-state index contributed by atoms with van der Waals surface area (Å²) in [6, 6.07) is 4.03. The zero-order chi connectivity index (χ0) is 9.68. The van der Waals surface area contributed by atoms with Gasteiger partial charge >= 0.3 is 0 Å². The molecule has 1 unspecified atom stereocenters. The number of fused-ring (bicyclic) bond motifs is 1. The fraction of sp³-hybridized carbons (Fsp3) is 0.545. The van der Waals surface area contributed by atoms with Gasteiger partial charge in [-0.1, -0.05) is 19.9 Å². The SMILES string of the molecule is CC.CC1CCc2cccnc2O1. The third kappa shape index (κ3) is 2.44. The molecule has 2 nitrogen and oxygen atoms in total.